The van der Waals surface area contributed by atoms with Gasteiger partial charge in [0, 0.05) is 19.2 Å². The molecule has 3 rings (SSSR count). The maximum Gasteiger partial charge on any atom is 0.280 e. The number of hydrogen-bond acceptors (Lipinski definition) is 4. The number of nitriles is 1. The fraction of sp³-hybridized carbons (Fsp3) is 0.650. The molecule has 2 aliphatic heterocycles. The zero-order valence-corrected chi connectivity index (χ0v) is 17.0. The number of carbonyl (C=O) groups excluding carboxylic acids is 2. The first-order valence-corrected chi connectivity index (χ1v) is 10.0. The summed E-state index contributed by atoms with van der Waals surface area (Å²) in [6, 6.07) is 2.25. The van der Waals surface area contributed by atoms with Gasteiger partial charge in [0.15, 0.2) is 6.54 Å². The van der Waals surface area contributed by atoms with E-state index in [-0.39, 0.29) is 17.9 Å². The van der Waals surface area contributed by atoms with E-state index in [0.717, 1.165) is 48.7 Å². The summed E-state index contributed by atoms with van der Waals surface area (Å²) in [5.74, 6) is 0.564. The topological polar surface area (TPSA) is 91.8 Å². The molecule has 0 saturated carbocycles. The van der Waals surface area contributed by atoms with Crippen LogP contribution >= 0.6 is 0 Å². The third-order valence-electron chi connectivity index (χ3n) is 5.94. The summed E-state index contributed by atoms with van der Waals surface area (Å²) in [5.41, 5.74) is 2.42. The van der Waals surface area contributed by atoms with Crippen LogP contribution in [-0.4, -0.2) is 66.7 Å². The van der Waals surface area contributed by atoms with Crippen molar-refractivity contribution >= 4 is 17.6 Å². The third-order valence-corrected chi connectivity index (χ3v) is 5.94. The minimum absolute atomic E-state index is 0.0834. The molecule has 2 fully saturated rings. The van der Waals surface area contributed by atoms with Crippen LogP contribution in [-0.2, 0) is 20.9 Å². The van der Waals surface area contributed by atoms with Gasteiger partial charge in [-0.1, -0.05) is 0 Å². The predicted molar refractivity (Wildman–Crippen MR) is 104 cm³/mol. The van der Waals surface area contributed by atoms with Gasteiger partial charge in [0.25, 0.3) is 5.91 Å². The smallest absolute Gasteiger partial charge is 0.280 e. The van der Waals surface area contributed by atoms with E-state index in [9.17, 15) is 14.9 Å². The molecule has 8 nitrogen and oxygen atoms in total. The first-order chi connectivity index (χ1) is 13.4. The molecule has 1 atom stereocenters. The second-order valence-corrected chi connectivity index (χ2v) is 7.77. The zero-order chi connectivity index (χ0) is 20.3. The summed E-state index contributed by atoms with van der Waals surface area (Å²) in [6.07, 6.45) is 2.17. The van der Waals surface area contributed by atoms with Crippen LogP contribution in [0.3, 0.4) is 0 Å². The van der Waals surface area contributed by atoms with E-state index < -0.39 is 0 Å². The molecule has 8 heteroatoms. The zero-order valence-electron chi connectivity index (χ0n) is 17.0. The van der Waals surface area contributed by atoms with Gasteiger partial charge in [-0.15, -0.1) is 0 Å². The second-order valence-electron chi connectivity index (χ2n) is 7.77. The Morgan fingerprint density at radius 3 is 2.61 bits per heavy atom. The van der Waals surface area contributed by atoms with E-state index in [4.69, 9.17) is 4.74 Å². The van der Waals surface area contributed by atoms with Gasteiger partial charge in [-0.3, -0.25) is 9.59 Å². The lowest BCUT2D eigenvalue weighted by Gasteiger charge is -2.31. The largest absolute Gasteiger partial charge is 0.376 e. The van der Waals surface area contributed by atoms with Crippen LogP contribution in [0.2, 0.25) is 0 Å². The molecule has 0 aliphatic carbocycles. The molecule has 2 amide bonds. The molecule has 0 bridgehead atoms. The fourth-order valence-corrected chi connectivity index (χ4v) is 4.07. The SMILES string of the molecule is CC(=O)N1CC[NH+](CC(=O)Nc2c(C#N)c(C)c(C)n2C[C@@H]2CCCO2)CC1. The Balaban J connectivity index is 1.68. The lowest BCUT2D eigenvalue weighted by molar-refractivity contribution is -0.895. The van der Waals surface area contributed by atoms with Crippen LogP contribution in [0.15, 0.2) is 0 Å². The van der Waals surface area contributed by atoms with Gasteiger partial charge in [0.1, 0.15) is 11.9 Å². The summed E-state index contributed by atoms with van der Waals surface area (Å²) < 4.78 is 7.77. The number of hydrogen-bond donors (Lipinski definition) is 2. The van der Waals surface area contributed by atoms with Crippen LogP contribution in [0.4, 0.5) is 5.82 Å². The number of nitrogens with one attached hydrogen (secondary N) is 2. The Morgan fingerprint density at radius 1 is 1.32 bits per heavy atom. The average molecular weight is 388 g/mol. The van der Waals surface area contributed by atoms with Gasteiger partial charge in [-0.2, -0.15) is 5.26 Å². The number of carbonyl (C=O) groups is 2. The number of rotatable bonds is 5. The highest BCUT2D eigenvalue weighted by molar-refractivity contribution is 5.92. The fourth-order valence-electron chi connectivity index (χ4n) is 4.07. The van der Waals surface area contributed by atoms with E-state index in [0.29, 0.717) is 37.6 Å². The lowest BCUT2D eigenvalue weighted by Crippen LogP contribution is -3.15. The Bertz CT molecular complexity index is 781. The first-order valence-electron chi connectivity index (χ1n) is 10.0. The molecule has 0 aromatic carbocycles. The molecule has 3 heterocycles. The van der Waals surface area contributed by atoms with Crippen molar-refractivity contribution in [3.63, 3.8) is 0 Å². The quantitative estimate of drug-likeness (QED) is 0.733. The molecule has 2 N–H and O–H groups in total. The number of ether oxygens (including phenoxy) is 1. The van der Waals surface area contributed by atoms with Crippen LogP contribution in [0.5, 0.6) is 0 Å². The van der Waals surface area contributed by atoms with Gasteiger partial charge in [0.05, 0.1) is 44.4 Å². The van der Waals surface area contributed by atoms with Gasteiger partial charge in [0.2, 0.25) is 5.91 Å². The third kappa shape index (κ3) is 4.37. The van der Waals surface area contributed by atoms with Crippen molar-refractivity contribution in [2.24, 2.45) is 0 Å². The molecule has 152 valence electrons. The van der Waals surface area contributed by atoms with E-state index >= 15 is 0 Å². The summed E-state index contributed by atoms with van der Waals surface area (Å²) in [6.45, 7) is 10.1. The number of nitrogens with zero attached hydrogens (tertiary/aromatic N) is 3. The van der Waals surface area contributed by atoms with Gasteiger partial charge in [-0.25, -0.2) is 0 Å². The molecule has 0 spiro atoms. The lowest BCUT2D eigenvalue weighted by atomic mass is 10.2. The minimum atomic E-state index is -0.103. The van der Waals surface area contributed by atoms with Crippen LogP contribution < -0.4 is 10.2 Å². The van der Waals surface area contributed by atoms with Gasteiger partial charge in [-0.05, 0) is 32.3 Å². The summed E-state index contributed by atoms with van der Waals surface area (Å²) in [4.78, 5) is 27.1. The van der Waals surface area contributed by atoms with Crippen molar-refractivity contribution in [2.45, 2.75) is 46.3 Å². The number of aromatic nitrogens is 1. The van der Waals surface area contributed by atoms with Crippen LogP contribution in [0.25, 0.3) is 0 Å². The van der Waals surface area contributed by atoms with E-state index in [1.54, 1.807) is 6.92 Å². The molecule has 0 unspecified atom stereocenters. The van der Waals surface area contributed by atoms with Crippen molar-refractivity contribution in [2.75, 3.05) is 44.6 Å². The average Bonchev–Trinajstić information content (AvgIpc) is 3.25. The first kappa shape index (κ1) is 20.4. The van der Waals surface area contributed by atoms with Crippen molar-refractivity contribution in [3.05, 3.63) is 16.8 Å². The number of anilines is 1. The van der Waals surface area contributed by atoms with Gasteiger partial charge >= 0.3 is 0 Å². The molecule has 2 saturated heterocycles. The Morgan fingerprint density at radius 2 is 2.04 bits per heavy atom. The van der Waals surface area contributed by atoms with Crippen LogP contribution in [0, 0.1) is 25.2 Å². The Hall–Kier alpha value is -2.37. The normalized spacial score (nSPS) is 20.2. The highest BCUT2D eigenvalue weighted by Gasteiger charge is 2.27. The van der Waals surface area contributed by atoms with Crippen LogP contribution in [0.1, 0.15) is 36.6 Å². The van der Waals surface area contributed by atoms with E-state index in [1.165, 1.54) is 0 Å². The predicted octanol–water partition coefficient (Wildman–Crippen LogP) is -0.159. The second kappa shape index (κ2) is 8.76. The highest BCUT2D eigenvalue weighted by Crippen LogP contribution is 2.28. The number of piperazine rings is 1. The Labute approximate surface area is 166 Å². The van der Waals surface area contributed by atoms with E-state index in [1.807, 2.05) is 23.3 Å². The number of amides is 2. The highest BCUT2D eigenvalue weighted by atomic mass is 16.5. The van der Waals surface area contributed by atoms with E-state index in [2.05, 4.69) is 11.4 Å². The van der Waals surface area contributed by atoms with Crippen molar-refractivity contribution in [1.82, 2.24) is 9.47 Å². The maximum absolute atomic E-state index is 12.7. The minimum Gasteiger partial charge on any atom is -0.376 e. The Kier molecular flexibility index (Phi) is 6.37. The monoisotopic (exact) mass is 388 g/mol. The van der Waals surface area contributed by atoms with Crippen molar-refractivity contribution < 1.29 is 19.2 Å². The molecular formula is C20H30N5O3+. The van der Waals surface area contributed by atoms with Gasteiger partial charge < -0.3 is 24.4 Å². The maximum atomic E-state index is 12.7. The molecule has 1 aromatic rings. The summed E-state index contributed by atoms with van der Waals surface area (Å²) in [5, 5.41) is 12.6. The summed E-state index contributed by atoms with van der Waals surface area (Å²) >= 11 is 0. The standard InChI is InChI=1S/C20H29N5O3/c1-14-15(2)25(12-17-5-4-10-28-17)20(18(14)11-21)22-19(27)13-23-6-8-24(9-7-23)16(3)26/h17H,4-10,12-13H2,1-3H3,(H,22,27)/p+1/t17-/m0/s1. The molecule has 28 heavy (non-hydrogen) atoms. The summed E-state index contributed by atoms with van der Waals surface area (Å²) in [7, 11) is 0. The molecular weight excluding hydrogens is 358 g/mol. The van der Waals surface area contributed by atoms with Crippen molar-refractivity contribution in [3.8, 4) is 6.07 Å². The number of quaternary nitrogens is 1. The molecule has 0 radical (unpaired) electrons. The van der Waals surface area contributed by atoms with Crippen molar-refractivity contribution in [1.29, 1.82) is 5.26 Å². The molecule has 1 aromatic heterocycles. The molecule has 2 aliphatic rings.